The number of rotatable bonds is 6. The van der Waals surface area contributed by atoms with Gasteiger partial charge in [0.15, 0.2) is 0 Å². The van der Waals surface area contributed by atoms with E-state index < -0.39 is 0 Å². The Kier molecular flexibility index (Phi) is 5.54. The molecule has 0 bridgehead atoms. The second-order valence-corrected chi connectivity index (χ2v) is 6.60. The molecule has 2 nitrogen and oxygen atoms in total. The van der Waals surface area contributed by atoms with Crippen molar-refractivity contribution in [3.63, 3.8) is 0 Å². The van der Waals surface area contributed by atoms with Crippen molar-refractivity contribution in [3.05, 3.63) is 35.9 Å². The third-order valence-electron chi connectivity index (χ3n) is 3.57. The summed E-state index contributed by atoms with van der Waals surface area (Å²) in [6.45, 7) is 5.33. The Balaban J connectivity index is 1.96. The molecule has 1 aromatic rings. The van der Waals surface area contributed by atoms with Crippen LogP contribution in [0, 0.1) is 0 Å². The fourth-order valence-corrected chi connectivity index (χ4v) is 3.81. The van der Waals surface area contributed by atoms with Crippen LogP contribution in [0.25, 0.3) is 0 Å². The quantitative estimate of drug-likeness (QED) is 0.856. The first-order valence-corrected chi connectivity index (χ1v) is 7.94. The fourth-order valence-electron chi connectivity index (χ4n) is 2.55. The van der Waals surface area contributed by atoms with Crippen LogP contribution >= 0.6 is 11.8 Å². The molecule has 0 saturated carbocycles. The van der Waals surface area contributed by atoms with Crippen LogP contribution in [0.5, 0.6) is 0 Å². The molecule has 1 fully saturated rings. The van der Waals surface area contributed by atoms with Crippen molar-refractivity contribution >= 4 is 11.8 Å². The van der Waals surface area contributed by atoms with Crippen LogP contribution in [0.2, 0.25) is 0 Å². The van der Waals surface area contributed by atoms with Crippen molar-refractivity contribution in [2.45, 2.75) is 37.6 Å². The Bertz CT molecular complexity index is 342. The SMILES string of the molecule is CC1CC(N(CCCN)Cc2ccccc2)CS1. The Morgan fingerprint density at radius 3 is 2.72 bits per heavy atom. The largest absolute Gasteiger partial charge is 0.330 e. The van der Waals surface area contributed by atoms with Crippen LogP contribution in [0.4, 0.5) is 0 Å². The predicted octanol–water partition coefficient (Wildman–Crippen LogP) is 2.73. The van der Waals surface area contributed by atoms with Crippen LogP contribution in [0.15, 0.2) is 30.3 Å². The standard InChI is InChI=1S/C15H24N2S/c1-13-10-15(12-18-13)17(9-5-8-16)11-14-6-3-2-4-7-14/h2-4,6-7,13,15H,5,8-12,16H2,1H3. The second kappa shape index (κ2) is 7.17. The van der Waals surface area contributed by atoms with Gasteiger partial charge in [0.25, 0.3) is 0 Å². The number of nitrogens with two attached hydrogens (primary N) is 1. The van der Waals surface area contributed by atoms with Gasteiger partial charge in [0.2, 0.25) is 0 Å². The third kappa shape index (κ3) is 4.01. The van der Waals surface area contributed by atoms with Gasteiger partial charge < -0.3 is 5.73 Å². The summed E-state index contributed by atoms with van der Waals surface area (Å²) in [7, 11) is 0. The van der Waals surface area contributed by atoms with E-state index in [4.69, 9.17) is 5.73 Å². The lowest BCUT2D eigenvalue weighted by molar-refractivity contribution is 0.199. The van der Waals surface area contributed by atoms with Gasteiger partial charge in [-0.15, -0.1) is 0 Å². The highest BCUT2D eigenvalue weighted by molar-refractivity contribution is 8.00. The number of benzene rings is 1. The lowest BCUT2D eigenvalue weighted by Gasteiger charge is -2.28. The maximum atomic E-state index is 5.66. The maximum absolute atomic E-state index is 5.66. The van der Waals surface area contributed by atoms with Gasteiger partial charge >= 0.3 is 0 Å². The highest BCUT2D eigenvalue weighted by Crippen LogP contribution is 2.30. The topological polar surface area (TPSA) is 29.3 Å². The molecule has 0 aliphatic carbocycles. The molecule has 2 N–H and O–H groups in total. The zero-order valence-corrected chi connectivity index (χ0v) is 12.0. The summed E-state index contributed by atoms with van der Waals surface area (Å²) in [5, 5.41) is 0.811. The predicted molar refractivity (Wildman–Crippen MR) is 80.8 cm³/mol. The molecule has 3 heteroatoms. The summed E-state index contributed by atoms with van der Waals surface area (Å²) in [6.07, 6.45) is 2.42. The van der Waals surface area contributed by atoms with Gasteiger partial charge in [0.05, 0.1) is 0 Å². The molecule has 0 amide bonds. The van der Waals surface area contributed by atoms with Gasteiger partial charge in [-0.1, -0.05) is 37.3 Å². The first kappa shape index (κ1) is 13.9. The molecule has 1 aromatic carbocycles. The average molecular weight is 264 g/mol. The number of thioether (sulfide) groups is 1. The van der Waals surface area contributed by atoms with E-state index in [1.807, 2.05) is 0 Å². The van der Waals surface area contributed by atoms with Gasteiger partial charge in [0, 0.05) is 30.1 Å². The summed E-state index contributed by atoms with van der Waals surface area (Å²) >= 11 is 2.10. The molecular formula is C15H24N2S. The van der Waals surface area contributed by atoms with E-state index in [1.54, 1.807) is 0 Å². The highest BCUT2D eigenvalue weighted by Gasteiger charge is 2.26. The van der Waals surface area contributed by atoms with E-state index in [9.17, 15) is 0 Å². The van der Waals surface area contributed by atoms with Crippen molar-refractivity contribution in [1.29, 1.82) is 0 Å². The molecule has 100 valence electrons. The normalized spacial score (nSPS) is 23.7. The molecule has 2 unspecified atom stereocenters. The summed E-state index contributed by atoms with van der Waals surface area (Å²) in [5.41, 5.74) is 7.08. The van der Waals surface area contributed by atoms with E-state index >= 15 is 0 Å². The number of hydrogen-bond donors (Lipinski definition) is 1. The average Bonchev–Trinajstić information content (AvgIpc) is 2.82. The molecule has 0 radical (unpaired) electrons. The first-order valence-electron chi connectivity index (χ1n) is 6.89. The molecular weight excluding hydrogens is 240 g/mol. The van der Waals surface area contributed by atoms with Crippen molar-refractivity contribution < 1.29 is 0 Å². The van der Waals surface area contributed by atoms with E-state index in [2.05, 4.69) is 53.9 Å². The fraction of sp³-hybridized carbons (Fsp3) is 0.600. The van der Waals surface area contributed by atoms with E-state index in [-0.39, 0.29) is 0 Å². The van der Waals surface area contributed by atoms with Crippen molar-refractivity contribution in [2.24, 2.45) is 5.73 Å². The van der Waals surface area contributed by atoms with Gasteiger partial charge in [0.1, 0.15) is 0 Å². The first-order chi connectivity index (χ1) is 8.79. The second-order valence-electron chi connectivity index (χ2n) is 5.13. The molecule has 2 rings (SSSR count). The zero-order valence-electron chi connectivity index (χ0n) is 11.2. The molecule has 2 atom stereocenters. The Hall–Kier alpha value is -0.510. The van der Waals surface area contributed by atoms with Crippen LogP contribution in [-0.4, -0.2) is 35.0 Å². The molecule has 18 heavy (non-hydrogen) atoms. The van der Waals surface area contributed by atoms with Crippen LogP contribution in [0.1, 0.15) is 25.3 Å². The number of hydrogen-bond acceptors (Lipinski definition) is 3. The lowest BCUT2D eigenvalue weighted by atomic mass is 10.1. The molecule has 1 aliphatic heterocycles. The molecule has 1 saturated heterocycles. The molecule has 0 aromatic heterocycles. The van der Waals surface area contributed by atoms with Gasteiger partial charge in [-0.25, -0.2) is 0 Å². The van der Waals surface area contributed by atoms with Gasteiger partial charge in [-0.3, -0.25) is 4.90 Å². The van der Waals surface area contributed by atoms with Crippen LogP contribution < -0.4 is 5.73 Å². The minimum absolute atomic E-state index is 0.733. The number of nitrogens with zero attached hydrogens (tertiary/aromatic N) is 1. The Morgan fingerprint density at radius 1 is 1.33 bits per heavy atom. The smallest absolute Gasteiger partial charge is 0.0237 e. The van der Waals surface area contributed by atoms with Crippen molar-refractivity contribution in [1.82, 2.24) is 4.90 Å². The Morgan fingerprint density at radius 2 is 2.11 bits per heavy atom. The van der Waals surface area contributed by atoms with E-state index in [0.29, 0.717) is 0 Å². The summed E-state index contributed by atoms with van der Waals surface area (Å²) in [4.78, 5) is 2.62. The van der Waals surface area contributed by atoms with Crippen LogP contribution in [0.3, 0.4) is 0 Å². The van der Waals surface area contributed by atoms with E-state index in [1.165, 1.54) is 17.7 Å². The lowest BCUT2D eigenvalue weighted by Crippen LogP contribution is -2.36. The minimum Gasteiger partial charge on any atom is -0.330 e. The molecule has 0 spiro atoms. The maximum Gasteiger partial charge on any atom is 0.0237 e. The van der Waals surface area contributed by atoms with Crippen LogP contribution in [-0.2, 0) is 6.54 Å². The van der Waals surface area contributed by atoms with E-state index in [0.717, 1.165) is 37.3 Å². The highest BCUT2D eigenvalue weighted by atomic mass is 32.2. The summed E-state index contributed by atoms with van der Waals surface area (Å²) in [5.74, 6) is 1.28. The van der Waals surface area contributed by atoms with Crippen molar-refractivity contribution in [3.8, 4) is 0 Å². The molecule has 1 heterocycles. The summed E-state index contributed by atoms with van der Waals surface area (Å²) < 4.78 is 0. The van der Waals surface area contributed by atoms with Gasteiger partial charge in [-0.2, -0.15) is 11.8 Å². The zero-order chi connectivity index (χ0) is 12.8. The monoisotopic (exact) mass is 264 g/mol. The minimum atomic E-state index is 0.733. The third-order valence-corrected chi connectivity index (χ3v) is 4.91. The molecule has 1 aliphatic rings. The van der Waals surface area contributed by atoms with Crippen molar-refractivity contribution in [2.75, 3.05) is 18.8 Å². The van der Waals surface area contributed by atoms with Gasteiger partial charge in [-0.05, 0) is 24.9 Å². The summed E-state index contributed by atoms with van der Waals surface area (Å²) in [6, 6.07) is 11.5. The Labute approximate surface area is 115 Å².